The highest BCUT2D eigenvalue weighted by atomic mass is 16.6. The molecule has 1 amide bonds. The summed E-state index contributed by atoms with van der Waals surface area (Å²) in [6.45, 7) is 2.27. The Kier molecular flexibility index (Phi) is 2.99. The minimum atomic E-state index is -0.412. The van der Waals surface area contributed by atoms with Crippen LogP contribution in [0.3, 0.4) is 0 Å². The molecule has 1 aliphatic heterocycles. The van der Waals surface area contributed by atoms with Gasteiger partial charge in [0, 0.05) is 0 Å². The van der Waals surface area contributed by atoms with Gasteiger partial charge in [-0.3, -0.25) is 0 Å². The Labute approximate surface area is 98.7 Å². The van der Waals surface area contributed by atoms with Gasteiger partial charge < -0.3 is 14.8 Å². The minimum absolute atomic E-state index is 0.284. The maximum absolute atomic E-state index is 11.4. The van der Waals surface area contributed by atoms with Crippen molar-refractivity contribution < 1.29 is 19.1 Å². The summed E-state index contributed by atoms with van der Waals surface area (Å²) in [7, 11) is 1.35. The maximum Gasteiger partial charge on any atom is 0.407 e. The molecule has 1 aromatic carbocycles. The number of esters is 1. The molecule has 5 heteroatoms. The molecule has 0 saturated carbocycles. The van der Waals surface area contributed by atoms with Crippen LogP contribution in [-0.2, 0) is 9.47 Å². The van der Waals surface area contributed by atoms with Gasteiger partial charge in [0.2, 0.25) is 0 Å². The lowest BCUT2D eigenvalue weighted by molar-refractivity contribution is 0.0599. The lowest BCUT2D eigenvalue weighted by Crippen LogP contribution is -2.12. The average Bonchev–Trinajstić information content (AvgIpc) is 2.75. The van der Waals surface area contributed by atoms with Crippen molar-refractivity contribution in [3.8, 4) is 0 Å². The molecular formula is C12H13NO4. The predicted octanol–water partition coefficient (Wildman–Crippen LogP) is 1.56. The summed E-state index contributed by atoms with van der Waals surface area (Å²) < 4.78 is 9.73. The van der Waals surface area contributed by atoms with E-state index in [0.717, 1.165) is 11.1 Å². The summed E-state index contributed by atoms with van der Waals surface area (Å²) >= 11 is 0. The van der Waals surface area contributed by atoms with Crippen molar-refractivity contribution in [3.63, 3.8) is 0 Å². The first-order chi connectivity index (χ1) is 8.11. The van der Waals surface area contributed by atoms with E-state index in [4.69, 9.17) is 4.74 Å². The number of hydrogen-bond acceptors (Lipinski definition) is 4. The second-order valence-corrected chi connectivity index (χ2v) is 3.84. The Bertz CT molecular complexity index is 470. The number of ether oxygens (including phenoxy) is 2. The summed E-state index contributed by atoms with van der Waals surface area (Å²) in [6.07, 6.45) is -0.697. The summed E-state index contributed by atoms with van der Waals surface area (Å²) in [6, 6.07) is 5.28. The number of carbonyl (C=O) groups is 2. The van der Waals surface area contributed by atoms with E-state index in [0.29, 0.717) is 12.1 Å². The number of cyclic esters (lactones) is 1. The van der Waals surface area contributed by atoms with Crippen molar-refractivity contribution in [3.05, 3.63) is 34.9 Å². The molecule has 0 radical (unpaired) electrons. The second kappa shape index (κ2) is 4.45. The highest BCUT2D eigenvalue weighted by molar-refractivity contribution is 5.91. The average molecular weight is 235 g/mol. The predicted molar refractivity (Wildman–Crippen MR) is 59.7 cm³/mol. The molecule has 1 aromatic rings. The first-order valence-electron chi connectivity index (χ1n) is 5.25. The largest absolute Gasteiger partial charge is 0.465 e. The molecule has 17 heavy (non-hydrogen) atoms. The molecule has 5 nitrogen and oxygen atoms in total. The molecule has 1 fully saturated rings. The molecule has 1 aliphatic rings. The van der Waals surface area contributed by atoms with E-state index < -0.39 is 6.09 Å². The summed E-state index contributed by atoms with van der Waals surface area (Å²) in [5.41, 5.74) is 2.19. The first kappa shape index (κ1) is 11.4. The zero-order valence-corrected chi connectivity index (χ0v) is 9.65. The van der Waals surface area contributed by atoms with Crippen LogP contribution >= 0.6 is 0 Å². The Morgan fingerprint density at radius 1 is 1.53 bits per heavy atom. The number of amides is 1. The van der Waals surface area contributed by atoms with Crippen LogP contribution in [0.4, 0.5) is 4.79 Å². The van der Waals surface area contributed by atoms with Crippen LogP contribution in [0.1, 0.15) is 27.6 Å². The van der Waals surface area contributed by atoms with Gasteiger partial charge in [-0.1, -0.05) is 12.1 Å². The molecule has 1 unspecified atom stereocenters. The summed E-state index contributed by atoms with van der Waals surface area (Å²) in [5, 5.41) is 2.58. The van der Waals surface area contributed by atoms with Gasteiger partial charge >= 0.3 is 12.1 Å². The third-order valence-electron chi connectivity index (χ3n) is 2.71. The number of alkyl carbamates (subject to hydrolysis) is 1. The van der Waals surface area contributed by atoms with Gasteiger partial charge in [-0.15, -0.1) is 0 Å². The summed E-state index contributed by atoms with van der Waals surface area (Å²) in [5.74, 6) is -0.365. The summed E-state index contributed by atoms with van der Waals surface area (Å²) in [4.78, 5) is 22.3. The highest BCUT2D eigenvalue weighted by Gasteiger charge is 2.24. The van der Waals surface area contributed by atoms with Crippen LogP contribution in [0, 0.1) is 6.92 Å². The second-order valence-electron chi connectivity index (χ2n) is 3.84. The van der Waals surface area contributed by atoms with Crippen molar-refractivity contribution in [1.82, 2.24) is 5.32 Å². The molecule has 2 rings (SSSR count). The van der Waals surface area contributed by atoms with Crippen LogP contribution in [0.25, 0.3) is 0 Å². The maximum atomic E-state index is 11.4. The van der Waals surface area contributed by atoms with E-state index in [1.54, 1.807) is 12.1 Å². The number of nitrogens with one attached hydrogen (secondary N) is 1. The van der Waals surface area contributed by atoms with Gasteiger partial charge in [-0.05, 0) is 24.1 Å². The third kappa shape index (κ3) is 2.22. The molecule has 0 bridgehead atoms. The molecule has 1 heterocycles. The molecule has 90 valence electrons. The van der Waals surface area contributed by atoms with Gasteiger partial charge in [0.25, 0.3) is 0 Å². The molecule has 0 spiro atoms. The lowest BCUT2D eigenvalue weighted by atomic mass is 10.0. The molecule has 1 atom stereocenters. The number of benzene rings is 1. The van der Waals surface area contributed by atoms with E-state index in [9.17, 15) is 9.59 Å². The molecule has 1 saturated heterocycles. The quantitative estimate of drug-likeness (QED) is 0.790. The standard InChI is InChI=1S/C12H13NO4/c1-7-5-8(10-6-13-12(15)17-10)3-4-9(7)11(14)16-2/h3-5,10H,6H2,1-2H3,(H,13,15). The Morgan fingerprint density at radius 2 is 2.29 bits per heavy atom. The van der Waals surface area contributed by atoms with Crippen LogP contribution in [0.5, 0.6) is 0 Å². The highest BCUT2D eigenvalue weighted by Crippen LogP contribution is 2.23. The molecule has 0 aliphatic carbocycles. The van der Waals surface area contributed by atoms with Gasteiger partial charge in [0.1, 0.15) is 6.10 Å². The van der Waals surface area contributed by atoms with Crippen molar-refractivity contribution in [1.29, 1.82) is 0 Å². The smallest absolute Gasteiger partial charge is 0.407 e. The van der Waals surface area contributed by atoms with Gasteiger partial charge in [-0.25, -0.2) is 9.59 Å². The molecular weight excluding hydrogens is 222 g/mol. The Morgan fingerprint density at radius 3 is 2.82 bits per heavy atom. The fourth-order valence-corrected chi connectivity index (χ4v) is 1.80. The van der Waals surface area contributed by atoms with Crippen LogP contribution in [-0.4, -0.2) is 25.7 Å². The zero-order valence-electron chi connectivity index (χ0n) is 9.65. The van der Waals surface area contributed by atoms with Gasteiger partial charge in [0.05, 0.1) is 19.2 Å². The van der Waals surface area contributed by atoms with E-state index in [-0.39, 0.29) is 12.1 Å². The number of rotatable bonds is 2. The number of methoxy groups -OCH3 is 1. The van der Waals surface area contributed by atoms with E-state index >= 15 is 0 Å². The van der Waals surface area contributed by atoms with Crippen molar-refractivity contribution in [2.24, 2.45) is 0 Å². The Balaban J connectivity index is 2.24. The first-order valence-corrected chi connectivity index (χ1v) is 5.25. The SMILES string of the molecule is COC(=O)c1ccc(C2CNC(=O)O2)cc1C. The number of carbonyl (C=O) groups excluding carboxylic acids is 2. The van der Waals surface area contributed by atoms with E-state index in [2.05, 4.69) is 10.1 Å². The van der Waals surface area contributed by atoms with Crippen molar-refractivity contribution >= 4 is 12.1 Å². The number of aryl methyl sites for hydroxylation is 1. The van der Waals surface area contributed by atoms with Crippen LogP contribution in [0.2, 0.25) is 0 Å². The monoisotopic (exact) mass is 235 g/mol. The van der Waals surface area contributed by atoms with Crippen molar-refractivity contribution in [2.75, 3.05) is 13.7 Å². The minimum Gasteiger partial charge on any atom is -0.465 e. The van der Waals surface area contributed by atoms with Crippen LogP contribution < -0.4 is 5.32 Å². The van der Waals surface area contributed by atoms with Gasteiger partial charge in [-0.2, -0.15) is 0 Å². The molecule has 0 aromatic heterocycles. The lowest BCUT2D eigenvalue weighted by Gasteiger charge is -2.10. The van der Waals surface area contributed by atoms with E-state index in [1.165, 1.54) is 7.11 Å². The van der Waals surface area contributed by atoms with Crippen molar-refractivity contribution in [2.45, 2.75) is 13.0 Å². The fourth-order valence-electron chi connectivity index (χ4n) is 1.80. The topological polar surface area (TPSA) is 64.6 Å². The van der Waals surface area contributed by atoms with Gasteiger partial charge in [0.15, 0.2) is 0 Å². The fraction of sp³-hybridized carbons (Fsp3) is 0.333. The zero-order chi connectivity index (χ0) is 12.4. The Hall–Kier alpha value is -2.04. The van der Waals surface area contributed by atoms with E-state index in [1.807, 2.05) is 13.0 Å². The molecule has 1 N–H and O–H groups in total. The third-order valence-corrected chi connectivity index (χ3v) is 2.71. The normalized spacial score (nSPS) is 18.5. The van der Waals surface area contributed by atoms with Crippen LogP contribution in [0.15, 0.2) is 18.2 Å². The number of hydrogen-bond donors (Lipinski definition) is 1.